The molecule has 1 aromatic carbocycles. The first-order chi connectivity index (χ1) is 8.10. The topological polar surface area (TPSA) is 24.9 Å². The number of aryl methyl sites for hydroxylation is 1. The minimum Gasteiger partial charge on any atom is -0.382 e. The van der Waals surface area contributed by atoms with Crippen LogP contribution in [0.15, 0.2) is 18.2 Å². The Morgan fingerprint density at radius 3 is 2.76 bits per heavy atom. The summed E-state index contributed by atoms with van der Waals surface area (Å²) >= 11 is 1.76. The number of hydrogen-bond donors (Lipinski definition) is 1. The van der Waals surface area contributed by atoms with Crippen LogP contribution in [0.1, 0.15) is 32.2 Å². The molecule has 2 nitrogen and oxygen atoms in total. The van der Waals surface area contributed by atoms with Crippen LogP contribution >= 0.6 is 11.3 Å². The summed E-state index contributed by atoms with van der Waals surface area (Å²) in [6.07, 6.45) is 1.15. The number of nitrogens with zero attached hydrogens (tertiary/aromatic N) is 1. The predicted molar refractivity (Wildman–Crippen MR) is 76.9 cm³/mol. The number of aromatic nitrogens is 1. The maximum absolute atomic E-state index is 4.48. The fourth-order valence-electron chi connectivity index (χ4n) is 2.08. The molecular weight excluding hydrogens is 228 g/mol. The van der Waals surface area contributed by atoms with Gasteiger partial charge in [0.25, 0.3) is 0 Å². The van der Waals surface area contributed by atoms with Gasteiger partial charge in [0.1, 0.15) is 0 Å². The molecule has 0 fully saturated rings. The average Bonchev–Trinajstić information content (AvgIpc) is 2.64. The lowest BCUT2D eigenvalue weighted by atomic mass is 10.0. The molecular formula is C14H20N2S. The van der Waals surface area contributed by atoms with Gasteiger partial charge >= 0.3 is 0 Å². The van der Waals surface area contributed by atoms with Gasteiger partial charge in [0.05, 0.1) is 15.2 Å². The molecule has 0 spiro atoms. The van der Waals surface area contributed by atoms with E-state index < -0.39 is 0 Å². The van der Waals surface area contributed by atoms with Crippen LogP contribution in [0.4, 0.5) is 5.69 Å². The molecule has 1 N–H and O–H groups in total. The molecule has 0 aliphatic carbocycles. The van der Waals surface area contributed by atoms with Crippen LogP contribution in [-0.2, 0) is 0 Å². The van der Waals surface area contributed by atoms with Gasteiger partial charge in [-0.05, 0) is 37.5 Å². The van der Waals surface area contributed by atoms with Crippen molar-refractivity contribution in [2.24, 2.45) is 5.92 Å². The second-order valence-electron chi connectivity index (χ2n) is 4.82. The standard InChI is InChI=1S/C14H20N2S/c1-5-12(9(2)3)16-11-6-7-13-14(8-11)17-10(4)15-13/h6-9,12,16H,5H2,1-4H3. The molecule has 0 aliphatic rings. The molecule has 1 aromatic heterocycles. The van der Waals surface area contributed by atoms with Crippen molar-refractivity contribution in [3.63, 3.8) is 0 Å². The zero-order chi connectivity index (χ0) is 12.4. The maximum Gasteiger partial charge on any atom is 0.0907 e. The summed E-state index contributed by atoms with van der Waals surface area (Å²) in [6.45, 7) is 8.81. The van der Waals surface area contributed by atoms with Crippen molar-refractivity contribution in [3.05, 3.63) is 23.2 Å². The van der Waals surface area contributed by atoms with Crippen LogP contribution < -0.4 is 5.32 Å². The van der Waals surface area contributed by atoms with E-state index in [2.05, 4.69) is 56.2 Å². The van der Waals surface area contributed by atoms with Crippen LogP contribution in [0.5, 0.6) is 0 Å². The molecule has 3 heteroatoms. The Bertz CT molecular complexity index is 502. The van der Waals surface area contributed by atoms with Gasteiger partial charge in [-0.1, -0.05) is 20.8 Å². The summed E-state index contributed by atoms with van der Waals surface area (Å²) < 4.78 is 1.27. The molecule has 2 aromatic rings. The van der Waals surface area contributed by atoms with Gasteiger partial charge in [-0.2, -0.15) is 0 Å². The molecule has 0 aliphatic heterocycles. The van der Waals surface area contributed by atoms with Crippen LogP contribution in [0.3, 0.4) is 0 Å². The van der Waals surface area contributed by atoms with E-state index >= 15 is 0 Å². The third-order valence-corrected chi connectivity index (χ3v) is 4.03. The van der Waals surface area contributed by atoms with Crippen LogP contribution in [0.25, 0.3) is 10.2 Å². The van der Waals surface area contributed by atoms with Gasteiger partial charge in [-0.25, -0.2) is 4.98 Å². The number of benzene rings is 1. The molecule has 1 heterocycles. The van der Waals surface area contributed by atoms with E-state index in [1.54, 1.807) is 11.3 Å². The summed E-state index contributed by atoms with van der Waals surface area (Å²) in [4.78, 5) is 4.48. The summed E-state index contributed by atoms with van der Waals surface area (Å²) in [5, 5.41) is 4.74. The molecule has 92 valence electrons. The van der Waals surface area contributed by atoms with Crippen LogP contribution in [-0.4, -0.2) is 11.0 Å². The van der Waals surface area contributed by atoms with Gasteiger partial charge in [0.2, 0.25) is 0 Å². The van der Waals surface area contributed by atoms with Crippen molar-refractivity contribution < 1.29 is 0 Å². The lowest BCUT2D eigenvalue weighted by molar-refractivity contribution is 0.511. The number of hydrogen-bond acceptors (Lipinski definition) is 3. The van der Waals surface area contributed by atoms with Crippen molar-refractivity contribution in [2.45, 2.75) is 40.2 Å². The second kappa shape index (κ2) is 5.05. The Balaban J connectivity index is 2.23. The normalized spacial score (nSPS) is 13.2. The van der Waals surface area contributed by atoms with Crippen molar-refractivity contribution >= 4 is 27.2 Å². The van der Waals surface area contributed by atoms with Crippen molar-refractivity contribution in [1.82, 2.24) is 4.98 Å². The fraction of sp³-hybridized carbons (Fsp3) is 0.500. The Morgan fingerprint density at radius 2 is 2.12 bits per heavy atom. The maximum atomic E-state index is 4.48. The minimum atomic E-state index is 0.543. The second-order valence-corrected chi connectivity index (χ2v) is 6.05. The van der Waals surface area contributed by atoms with Gasteiger partial charge in [0.15, 0.2) is 0 Å². The molecule has 1 atom stereocenters. The van der Waals surface area contributed by atoms with Crippen molar-refractivity contribution in [1.29, 1.82) is 0 Å². The largest absolute Gasteiger partial charge is 0.382 e. The summed E-state index contributed by atoms with van der Waals surface area (Å²) in [6, 6.07) is 6.99. The van der Waals surface area contributed by atoms with E-state index in [1.165, 1.54) is 10.4 Å². The Morgan fingerprint density at radius 1 is 1.35 bits per heavy atom. The van der Waals surface area contributed by atoms with Gasteiger partial charge in [0, 0.05) is 11.7 Å². The number of fused-ring (bicyclic) bond motifs is 1. The molecule has 0 saturated carbocycles. The molecule has 1 unspecified atom stereocenters. The third kappa shape index (κ3) is 2.78. The third-order valence-electron chi connectivity index (χ3n) is 3.09. The van der Waals surface area contributed by atoms with Gasteiger partial charge in [-0.3, -0.25) is 0 Å². The first-order valence-electron chi connectivity index (χ1n) is 6.24. The van der Waals surface area contributed by atoms with Crippen molar-refractivity contribution in [3.8, 4) is 0 Å². The predicted octanol–water partition coefficient (Wildman–Crippen LogP) is 4.45. The van der Waals surface area contributed by atoms with Gasteiger partial charge < -0.3 is 5.32 Å². The van der Waals surface area contributed by atoms with Gasteiger partial charge in [-0.15, -0.1) is 11.3 Å². The Kier molecular flexibility index (Phi) is 3.67. The Hall–Kier alpha value is -1.09. The molecule has 17 heavy (non-hydrogen) atoms. The highest BCUT2D eigenvalue weighted by atomic mass is 32.1. The minimum absolute atomic E-state index is 0.543. The Labute approximate surface area is 107 Å². The van der Waals surface area contributed by atoms with E-state index in [4.69, 9.17) is 0 Å². The zero-order valence-electron chi connectivity index (χ0n) is 10.9. The summed E-state index contributed by atoms with van der Waals surface area (Å²) in [5.74, 6) is 0.652. The number of anilines is 1. The van der Waals surface area contributed by atoms with E-state index in [1.807, 2.05) is 0 Å². The molecule has 0 saturated heterocycles. The smallest absolute Gasteiger partial charge is 0.0907 e. The average molecular weight is 248 g/mol. The van der Waals surface area contributed by atoms with Crippen LogP contribution in [0.2, 0.25) is 0 Å². The highest BCUT2D eigenvalue weighted by Gasteiger charge is 2.11. The number of nitrogens with one attached hydrogen (secondary N) is 1. The fourth-order valence-corrected chi connectivity index (χ4v) is 2.95. The molecule has 0 radical (unpaired) electrons. The molecule has 2 rings (SSSR count). The lowest BCUT2D eigenvalue weighted by Crippen LogP contribution is -2.24. The molecule has 0 amide bonds. The summed E-state index contributed by atoms with van der Waals surface area (Å²) in [7, 11) is 0. The lowest BCUT2D eigenvalue weighted by Gasteiger charge is -2.21. The number of thiazole rings is 1. The highest BCUT2D eigenvalue weighted by Crippen LogP contribution is 2.25. The SMILES string of the molecule is CCC(Nc1ccc2nc(C)sc2c1)C(C)C. The molecule has 0 bridgehead atoms. The zero-order valence-corrected chi connectivity index (χ0v) is 11.8. The first-order valence-corrected chi connectivity index (χ1v) is 7.05. The van der Waals surface area contributed by atoms with E-state index in [-0.39, 0.29) is 0 Å². The summed E-state index contributed by atoms with van der Waals surface area (Å²) in [5.41, 5.74) is 2.32. The monoisotopic (exact) mass is 248 g/mol. The van der Waals surface area contributed by atoms with Crippen molar-refractivity contribution in [2.75, 3.05) is 5.32 Å². The van der Waals surface area contributed by atoms with E-state index in [9.17, 15) is 0 Å². The van der Waals surface area contributed by atoms with E-state index in [0.717, 1.165) is 16.9 Å². The quantitative estimate of drug-likeness (QED) is 0.864. The highest BCUT2D eigenvalue weighted by molar-refractivity contribution is 7.18. The first kappa shape index (κ1) is 12.4. The van der Waals surface area contributed by atoms with E-state index in [0.29, 0.717) is 12.0 Å². The van der Waals surface area contributed by atoms with Crippen LogP contribution in [0, 0.1) is 12.8 Å². The number of rotatable bonds is 4.